The number of hydrogen-bond donors (Lipinski definition) is 0. The van der Waals surface area contributed by atoms with Crippen LogP contribution in [-0.4, -0.2) is 61.5 Å². The van der Waals surface area contributed by atoms with Crippen LogP contribution in [0.25, 0.3) is 0 Å². The van der Waals surface area contributed by atoms with E-state index in [1.165, 1.54) is 24.2 Å². The second kappa shape index (κ2) is 4.87. The molecule has 1 saturated heterocycles. The molecule has 1 aromatic carbocycles. The van der Waals surface area contributed by atoms with Crippen molar-refractivity contribution in [2.24, 2.45) is 5.10 Å². The van der Waals surface area contributed by atoms with Crippen molar-refractivity contribution in [1.29, 1.82) is 0 Å². The number of hydroxylamine groups is 2. The third-order valence-corrected chi connectivity index (χ3v) is 5.16. The molecule has 1 atom stereocenters. The molecular formula is C14H15N3O5S. The van der Waals surface area contributed by atoms with Gasteiger partial charge in [0.05, 0.1) is 4.90 Å². The number of carbonyl (C=O) groups excluding carboxylic acids is 2. The van der Waals surface area contributed by atoms with Gasteiger partial charge in [-0.2, -0.15) is 5.10 Å². The van der Waals surface area contributed by atoms with Crippen molar-refractivity contribution in [2.75, 3.05) is 19.8 Å². The quantitative estimate of drug-likeness (QED) is 0.741. The number of hydrogen-bond acceptors (Lipinski definition) is 7. The lowest BCUT2D eigenvalue weighted by molar-refractivity contribution is -0.193. The van der Waals surface area contributed by atoms with E-state index in [-0.39, 0.29) is 17.3 Å². The smallest absolute Gasteiger partial charge is 0.346 e. The van der Waals surface area contributed by atoms with Gasteiger partial charge in [0.2, 0.25) is 0 Å². The highest BCUT2D eigenvalue weighted by molar-refractivity contribution is 7.90. The van der Waals surface area contributed by atoms with E-state index in [1.807, 2.05) is 0 Å². The Kier molecular flexibility index (Phi) is 3.31. The molecule has 1 fully saturated rings. The average molecular weight is 337 g/mol. The molecule has 0 radical (unpaired) electrons. The predicted molar refractivity (Wildman–Crippen MR) is 80.1 cm³/mol. The van der Waals surface area contributed by atoms with Crippen LogP contribution in [0.2, 0.25) is 0 Å². The van der Waals surface area contributed by atoms with Crippen LogP contribution in [0, 0.1) is 0 Å². The Morgan fingerprint density at radius 2 is 1.83 bits per heavy atom. The van der Waals surface area contributed by atoms with E-state index in [0.717, 1.165) is 11.3 Å². The molecule has 1 aromatic rings. The average Bonchev–Trinajstić information content (AvgIpc) is 2.68. The fourth-order valence-electron chi connectivity index (χ4n) is 2.60. The molecule has 122 valence electrons. The highest BCUT2D eigenvalue weighted by atomic mass is 32.2. The summed E-state index contributed by atoms with van der Waals surface area (Å²) < 4.78 is 23.1. The molecule has 1 amide bonds. The summed E-state index contributed by atoms with van der Waals surface area (Å²) in [6.45, 7) is 1.35. The van der Waals surface area contributed by atoms with E-state index in [4.69, 9.17) is 4.84 Å². The molecule has 0 aliphatic carbocycles. The Bertz CT molecular complexity index is 830. The minimum atomic E-state index is -3.31. The Morgan fingerprint density at radius 1 is 1.22 bits per heavy atom. The minimum absolute atomic E-state index is 0.177. The Morgan fingerprint density at radius 3 is 2.39 bits per heavy atom. The van der Waals surface area contributed by atoms with Crippen molar-refractivity contribution in [2.45, 2.75) is 17.4 Å². The van der Waals surface area contributed by atoms with Gasteiger partial charge in [-0.15, -0.1) is 5.06 Å². The fourth-order valence-corrected chi connectivity index (χ4v) is 3.23. The maximum absolute atomic E-state index is 12.5. The van der Waals surface area contributed by atoms with Crippen molar-refractivity contribution < 1.29 is 22.8 Å². The summed E-state index contributed by atoms with van der Waals surface area (Å²) in [7, 11) is -1.82. The lowest BCUT2D eigenvalue weighted by atomic mass is 9.90. The number of rotatable bonds is 2. The second-order valence-corrected chi connectivity index (χ2v) is 7.66. The van der Waals surface area contributed by atoms with Crippen LogP contribution in [0.15, 0.2) is 34.3 Å². The van der Waals surface area contributed by atoms with Crippen LogP contribution >= 0.6 is 0 Å². The highest BCUT2D eigenvalue weighted by Crippen LogP contribution is 2.32. The van der Waals surface area contributed by atoms with Gasteiger partial charge < -0.3 is 4.84 Å². The van der Waals surface area contributed by atoms with Crippen LogP contribution < -0.4 is 0 Å². The molecule has 2 heterocycles. The molecule has 8 nitrogen and oxygen atoms in total. The Hall–Kier alpha value is -2.26. The van der Waals surface area contributed by atoms with Gasteiger partial charge in [0, 0.05) is 18.9 Å². The summed E-state index contributed by atoms with van der Waals surface area (Å²) >= 11 is 0. The highest BCUT2D eigenvalue weighted by Gasteiger charge is 2.55. The molecule has 0 saturated carbocycles. The molecule has 2 aliphatic rings. The molecule has 1 unspecified atom stereocenters. The molecule has 0 spiro atoms. The first-order chi connectivity index (χ1) is 10.6. The zero-order chi connectivity index (χ0) is 17.0. The molecular weight excluding hydrogens is 322 g/mol. The molecule has 0 N–H and O–H groups in total. The van der Waals surface area contributed by atoms with Crippen molar-refractivity contribution in [3.63, 3.8) is 0 Å². The van der Waals surface area contributed by atoms with Gasteiger partial charge in [0.1, 0.15) is 12.3 Å². The summed E-state index contributed by atoms with van der Waals surface area (Å²) in [5, 5.41) is 6.50. The number of hydrazone groups is 1. The molecule has 2 aliphatic heterocycles. The number of nitrogens with zero attached hydrogens (tertiary/aromatic N) is 3. The van der Waals surface area contributed by atoms with Crippen LogP contribution in [0.5, 0.6) is 0 Å². The van der Waals surface area contributed by atoms with E-state index < -0.39 is 21.3 Å². The zero-order valence-electron chi connectivity index (χ0n) is 12.8. The maximum Gasteiger partial charge on any atom is 0.346 e. The van der Waals surface area contributed by atoms with E-state index in [9.17, 15) is 18.0 Å². The number of carbonyl (C=O) groups is 2. The van der Waals surface area contributed by atoms with Gasteiger partial charge in [-0.1, -0.05) is 12.1 Å². The van der Waals surface area contributed by atoms with E-state index in [2.05, 4.69) is 5.10 Å². The largest absolute Gasteiger partial charge is 0.365 e. The number of fused-ring (bicyclic) bond motifs is 2. The van der Waals surface area contributed by atoms with E-state index in [1.54, 1.807) is 19.1 Å². The normalized spacial score (nSPS) is 25.2. The molecule has 23 heavy (non-hydrogen) atoms. The number of benzene rings is 1. The van der Waals surface area contributed by atoms with Gasteiger partial charge >= 0.3 is 5.97 Å². The summed E-state index contributed by atoms with van der Waals surface area (Å²) in [6, 6.07) is 6.08. The minimum Gasteiger partial charge on any atom is -0.365 e. The zero-order valence-corrected chi connectivity index (χ0v) is 13.6. The molecule has 9 heteroatoms. The molecule has 0 aromatic heterocycles. The number of amides is 1. The van der Waals surface area contributed by atoms with Gasteiger partial charge in [-0.3, -0.25) is 4.79 Å². The first kappa shape index (κ1) is 15.6. The standard InChI is InChI=1S/C14H15N3O5S/c1-14-12(9-4-6-10(7-5-9)23(3,20)21)15-17(13(14)19)8-11(18)22-16(14)2/h4-7H,8H2,1-3H3. The van der Waals surface area contributed by atoms with Crippen LogP contribution in [0.1, 0.15) is 12.5 Å². The summed E-state index contributed by atoms with van der Waals surface area (Å²) in [5.74, 6) is -0.937. The lowest BCUT2D eigenvalue weighted by Crippen LogP contribution is -2.54. The van der Waals surface area contributed by atoms with Crippen molar-refractivity contribution >= 4 is 27.4 Å². The van der Waals surface area contributed by atoms with Crippen LogP contribution in [0.4, 0.5) is 0 Å². The summed E-state index contributed by atoms with van der Waals surface area (Å²) in [4.78, 5) is 29.4. The predicted octanol–water partition coefficient (Wildman–Crippen LogP) is -0.201. The van der Waals surface area contributed by atoms with Crippen molar-refractivity contribution in [3.8, 4) is 0 Å². The van der Waals surface area contributed by atoms with Crippen molar-refractivity contribution in [1.82, 2.24) is 10.1 Å². The maximum atomic E-state index is 12.5. The fraction of sp³-hybridized carbons (Fsp3) is 0.357. The summed E-state index contributed by atoms with van der Waals surface area (Å²) in [5.41, 5.74) is -0.267. The lowest BCUT2D eigenvalue weighted by Gasteiger charge is -2.30. The van der Waals surface area contributed by atoms with Crippen LogP contribution in [0.3, 0.4) is 0 Å². The monoisotopic (exact) mass is 337 g/mol. The van der Waals surface area contributed by atoms with Gasteiger partial charge in [0.15, 0.2) is 15.4 Å². The number of likely N-dealkylation sites (N-methyl/N-ethyl adjacent to an activating group) is 1. The van der Waals surface area contributed by atoms with Gasteiger partial charge in [-0.25, -0.2) is 18.2 Å². The first-order valence-corrected chi connectivity index (χ1v) is 8.69. The van der Waals surface area contributed by atoms with Crippen LogP contribution in [-0.2, 0) is 24.3 Å². The first-order valence-electron chi connectivity index (χ1n) is 6.80. The van der Waals surface area contributed by atoms with Gasteiger partial charge in [0.25, 0.3) is 5.91 Å². The third kappa shape index (κ3) is 2.32. The van der Waals surface area contributed by atoms with Crippen molar-refractivity contribution in [3.05, 3.63) is 29.8 Å². The summed E-state index contributed by atoms with van der Waals surface area (Å²) in [6.07, 6.45) is 1.12. The van der Waals surface area contributed by atoms with Gasteiger partial charge in [-0.05, 0) is 19.1 Å². The second-order valence-electron chi connectivity index (χ2n) is 5.64. The third-order valence-electron chi connectivity index (χ3n) is 4.04. The molecule has 2 bridgehead atoms. The Labute approximate surface area is 133 Å². The number of sulfone groups is 1. The topological polar surface area (TPSA) is 96.3 Å². The van der Waals surface area contributed by atoms with E-state index in [0.29, 0.717) is 11.3 Å². The molecule has 3 rings (SSSR count). The SMILES string of the molecule is CN1OC(=O)CN2N=C(c3ccc(S(C)(=O)=O)cc3)C1(C)C2=O. The Balaban J connectivity index is 2.08. The van der Waals surface area contributed by atoms with E-state index >= 15 is 0 Å².